The molecule has 2 atom stereocenters. The van der Waals surface area contributed by atoms with Crippen molar-refractivity contribution in [1.82, 2.24) is 20.1 Å². The van der Waals surface area contributed by atoms with Crippen LogP contribution in [0.5, 0.6) is 0 Å². The number of nitrogen functional groups attached to an aromatic ring is 1. The van der Waals surface area contributed by atoms with Gasteiger partial charge in [-0.25, -0.2) is 9.37 Å². The van der Waals surface area contributed by atoms with Gasteiger partial charge in [0.2, 0.25) is 0 Å². The van der Waals surface area contributed by atoms with Gasteiger partial charge in [-0.05, 0) is 62.4 Å². The van der Waals surface area contributed by atoms with Crippen LogP contribution >= 0.6 is 0 Å². The Morgan fingerprint density at radius 3 is 2.57 bits per heavy atom. The van der Waals surface area contributed by atoms with Gasteiger partial charge in [0, 0.05) is 35.4 Å². The van der Waals surface area contributed by atoms with Crippen molar-refractivity contribution in [3.63, 3.8) is 0 Å². The summed E-state index contributed by atoms with van der Waals surface area (Å²) in [6, 6.07) is 4.46. The van der Waals surface area contributed by atoms with Gasteiger partial charge in [0.1, 0.15) is 11.2 Å². The van der Waals surface area contributed by atoms with Crippen molar-refractivity contribution in [1.29, 1.82) is 5.26 Å². The summed E-state index contributed by atoms with van der Waals surface area (Å²) < 4.78 is 60.2. The highest BCUT2D eigenvalue weighted by Gasteiger charge is 2.56. The first-order chi connectivity index (χ1) is 16.7. The summed E-state index contributed by atoms with van der Waals surface area (Å²) in [6.07, 6.45) is -2.73. The number of nitriles is 1. The van der Waals surface area contributed by atoms with Gasteiger partial charge in [-0.3, -0.25) is 4.68 Å². The lowest BCUT2D eigenvalue weighted by molar-refractivity contribution is -0.137. The van der Waals surface area contributed by atoms with E-state index in [0.29, 0.717) is 22.9 Å². The summed E-state index contributed by atoms with van der Waals surface area (Å²) in [4.78, 5) is 4.47. The van der Waals surface area contributed by atoms with Gasteiger partial charge in [0.25, 0.3) is 0 Å². The Morgan fingerprint density at radius 2 is 1.94 bits per heavy atom. The number of benzene rings is 1. The van der Waals surface area contributed by atoms with Gasteiger partial charge >= 0.3 is 6.18 Å². The Bertz CT molecular complexity index is 1390. The number of alkyl halides is 3. The van der Waals surface area contributed by atoms with Crippen molar-refractivity contribution < 1.29 is 17.6 Å². The average molecular weight is 485 g/mol. The van der Waals surface area contributed by atoms with E-state index in [0.717, 1.165) is 37.7 Å². The molecule has 0 amide bonds. The van der Waals surface area contributed by atoms with Crippen LogP contribution in [0.3, 0.4) is 0 Å². The third kappa shape index (κ3) is 3.47. The highest BCUT2D eigenvalue weighted by Crippen LogP contribution is 2.58. The molecule has 3 heterocycles. The summed E-state index contributed by atoms with van der Waals surface area (Å²) in [7, 11) is 0. The zero-order chi connectivity index (χ0) is 24.6. The Labute approximate surface area is 199 Å². The lowest BCUT2D eigenvalue weighted by Crippen LogP contribution is -2.14. The molecule has 1 aromatic carbocycles. The van der Waals surface area contributed by atoms with Crippen LogP contribution in [0, 0.1) is 35.9 Å². The maximum Gasteiger partial charge on any atom is 0.417 e. The van der Waals surface area contributed by atoms with E-state index in [1.807, 2.05) is 0 Å². The Hall–Kier alpha value is -3.19. The zero-order valence-corrected chi connectivity index (χ0v) is 19.1. The number of aryl methyl sites for hydroxylation is 2. The van der Waals surface area contributed by atoms with Crippen LogP contribution in [0.15, 0.2) is 12.1 Å². The van der Waals surface area contributed by atoms with E-state index in [2.05, 4.69) is 16.4 Å². The van der Waals surface area contributed by atoms with Crippen LogP contribution in [0.2, 0.25) is 0 Å². The molecule has 0 spiro atoms. The number of rotatable bonds is 5. The number of pyridine rings is 1. The topological polar surface area (TPSA) is 92.5 Å². The minimum absolute atomic E-state index is 0.0150. The Morgan fingerprint density at radius 1 is 1.23 bits per heavy atom. The molecule has 1 saturated heterocycles. The summed E-state index contributed by atoms with van der Waals surface area (Å²) in [6.45, 7) is 3.04. The maximum atomic E-state index is 16.3. The van der Waals surface area contributed by atoms with Crippen LogP contribution < -0.4 is 11.1 Å². The molecule has 3 N–H and O–H groups in total. The molecule has 6 rings (SSSR count). The molecule has 3 aliphatic rings. The van der Waals surface area contributed by atoms with Gasteiger partial charge in [-0.2, -0.15) is 23.5 Å². The van der Waals surface area contributed by atoms with Crippen molar-refractivity contribution in [2.24, 2.45) is 11.8 Å². The summed E-state index contributed by atoms with van der Waals surface area (Å²) in [5.41, 5.74) is 5.57. The van der Waals surface area contributed by atoms with Crippen molar-refractivity contribution in [2.45, 2.75) is 50.7 Å². The molecule has 3 fully saturated rings. The number of anilines is 1. The van der Waals surface area contributed by atoms with E-state index in [9.17, 15) is 18.4 Å². The predicted molar refractivity (Wildman–Crippen MR) is 122 cm³/mol. The van der Waals surface area contributed by atoms with E-state index in [4.69, 9.17) is 10.8 Å². The number of fused-ring (bicyclic) bond motifs is 2. The van der Waals surface area contributed by atoms with Crippen molar-refractivity contribution in [3.05, 3.63) is 40.5 Å². The second-order valence-corrected chi connectivity index (χ2v) is 9.93. The SMILES string of the molecule is Cc1cc(N)cc(-c2nc(CCC#N)c3c(C4C5CNCC54)nn(C4CC4)c3c2F)c1C(F)(F)F. The van der Waals surface area contributed by atoms with Gasteiger partial charge in [-0.1, -0.05) is 0 Å². The molecule has 35 heavy (non-hydrogen) atoms. The number of aromatic nitrogens is 3. The third-order valence-corrected chi connectivity index (χ3v) is 7.56. The first-order valence-electron chi connectivity index (χ1n) is 11.9. The van der Waals surface area contributed by atoms with E-state index >= 15 is 4.39 Å². The van der Waals surface area contributed by atoms with Crippen LogP contribution in [0.4, 0.5) is 23.2 Å². The first-order valence-corrected chi connectivity index (χ1v) is 11.9. The second-order valence-electron chi connectivity index (χ2n) is 9.93. The molecule has 6 nitrogen and oxygen atoms in total. The Balaban J connectivity index is 1.65. The number of nitrogens with two attached hydrogens (primary N) is 1. The molecule has 2 unspecified atom stereocenters. The fourth-order valence-corrected chi connectivity index (χ4v) is 5.85. The minimum Gasteiger partial charge on any atom is -0.399 e. The molecule has 1 aliphatic heterocycles. The molecule has 2 aliphatic carbocycles. The third-order valence-electron chi connectivity index (χ3n) is 7.56. The zero-order valence-electron chi connectivity index (χ0n) is 19.1. The molecule has 0 radical (unpaired) electrons. The van der Waals surface area contributed by atoms with E-state index in [1.54, 1.807) is 4.68 Å². The molecule has 3 aromatic rings. The van der Waals surface area contributed by atoms with Crippen LogP contribution in [0.1, 0.15) is 53.7 Å². The van der Waals surface area contributed by atoms with E-state index in [-0.39, 0.29) is 52.8 Å². The number of nitrogens with one attached hydrogen (secondary N) is 1. The average Bonchev–Trinajstić information content (AvgIpc) is 3.66. The van der Waals surface area contributed by atoms with Gasteiger partial charge in [0.15, 0.2) is 5.82 Å². The summed E-state index contributed by atoms with van der Waals surface area (Å²) in [5, 5.41) is 18.0. The second kappa shape index (κ2) is 7.65. The number of piperidine rings is 1. The van der Waals surface area contributed by atoms with Crippen molar-refractivity contribution in [3.8, 4) is 17.3 Å². The van der Waals surface area contributed by atoms with Gasteiger partial charge in [0.05, 0.1) is 29.1 Å². The monoisotopic (exact) mass is 484 g/mol. The quantitative estimate of drug-likeness (QED) is 0.398. The molecule has 2 aromatic heterocycles. The molecule has 10 heteroatoms. The van der Waals surface area contributed by atoms with Gasteiger partial charge < -0.3 is 11.1 Å². The number of hydrogen-bond acceptors (Lipinski definition) is 5. The predicted octanol–water partition coefficient (Wildman–Crippen LogP) is 4.87. The number of hydrogen-bond donors (Lipinski definition) is 2. The van der Waals surface area contributed by atoms with Crippen molar-refractivity contribution in [2.75, 3.05) is 18.8 Å². The first kappa shape index (κ1) is 22.3. The fraction of sp³-hybridized carbons (Fsp3) is 0.480. The highest BCUT2D eigenvalue weighted by atomic mass is 19.4. The normalized spacial score (nSPS) is 23.5. The van der Waals surface area contributed by atoms with Crippen LogP contribution in [0.25, 0.3) is 22.2 Å². The highest BCUT2D eigenvalue weighted by molar-refractivity contribution is 5.90. The van der Waals surface area contributed by atoms with Gasteiger partial charge in [-0.15, -0.1) is 0 Å². The number of nitrogens with zero attached hydrogens (tertiary/aromatic N) is 4. The molecular formula is C25H24F4N6. The van der Waals surface area contributed by atoms with E-state index < -0.39 is 17.6 Å². The molecule has 2 saturated carbocycles. The van der Waals surface area contributed by atoms with Crippen LogP contribution in [-0.4, -0.2) is 27.9 Å². The molecule has 182 valence electrons. The lowest BCUT2D eigenvalue weighted by Gasteiger charge is -2.18. The van der Waals surface area contributed by atoms with E-state index in [1.165, 1.54) is 13.0 Å². The van der Waals surface area contributed by atoms with Crippen molar-refractivity contribution >= 4 is 16.6 Å². The fourth-order valence-electron chi connectivity index (χ4n) is 5.85. The lowest BCUT2D eigenvalue weighted by atomic mass is 9.95. The maximum absolute atomic E-state index is 16.3. The minimum atomic E-state index is -4.72. The standard InChI is InChI=1S/C25H24F4N6/c1-11-7-12(31)8-14(20(11)25(27,28)29)22-21(26)24-19(17(33-22)3-2-6-30)23(34-35(24)13-4-5-13)18-15-9-32-10-16(15)18/h7-8,13,15-16,18,32H,2-5,9-10,31H2,1H3. The Kier molecular flexibility index (Phi) is 4.87. The smallest absolute Gasteiger partial charge is 0.399 e. The summed E-state index contributed by atoms with van der Waals surface area (Å²) in [5.74, 6) is 0.194. The largest absolute Gasteiger partial charge is 0.417 e. The number of halogens is 4. The van der Waals surface area contributed by atoms with Crippen LogP contribution in [-0.2, 0) is 12.6 Å². The molecular weight excluding hydrogens is 460 g/mol. The summed E-state index contributed by atoms with van der Waals surface area (Å²) >= 11 is 0. The molecule has 0 bridgehead atoms.